The van der Waals surface area contributed by atoms with Gasteiger partial charge in [-0.1, -0.05) is 0 Å². The smallest absolute Gasteiger partial charge is 0.242 e. The lowest BCUT2D eigenvalue weighted by Crippen LogP contribution is -2.51. The molecule has 1 aliphatic carbocycles. The molecule has 1 aliphatic rings. The highest BCUT2D eigenvalue weighted by molar-refractivity contribution is 5.85. The molecule has 1 aromatic heterocycles. The summed E-state index contributed by atoms with van der Waals surface area (Å²) in [6, 6.07) is 4.25. The molecular weight excluding hydrogens is 214 g/mol. The van der Waals surface area contributed by atoms with Gasteiger partial charge in [0.2, 0.25) is 5.91 Å². The van der Waals surface area contributed by atoms with E-state index in [0.29, 0.717) is 12.6 Å². The molecule has 0 aromatic carbocycles. The minimum absolute atomic E-state index is 0.0248. The Bertz CT molecular complexity index is 393. The van der Waals surface area contributed by atoms with Gasteiger partial charge < -0.3 is 10.6 Å². The summed E-state index contributed by atoms with van der Waals surface area (Å²) in [6.45, 7) is 4.15. The van der Waals surface area contributed by atoms with Gasteiger partial charge in [0.25, 0.3) is 0 Å². The minimum atomic E-state index is -0.796. The summed E-state index contributed by atoms with van der Waals surface area (Å²) in [6.07, 6.45) is 5.68. The van der Waals surface area contributed by atoms with Crippen LogP contribution in [-0.2, 0) is 11.3 Å². The summed E-state index contributed by atoms with van der Waals surface area (Å²) in [5, 5.41) is 0. The van der Waals surface area contributed by atoms with Crippen molar-refractivity contribution in [1.29, 1.82) is 0 Å². The van der Waals surface area contributed by atoms with E-state index < -0.39 is 5.54 Å². The van der Waals surface area contributed by atoms with Crippen molar-refractivity contribution in [2.24, 2.45) is 5.73 Å². The Kier molecular flexibility index (Phi) is 3.15. The molecule has 0 spiro atoms. The van der Waals surface area contributed by atoms with E-state index in [9.17, 15) is 4.79 Å². The molecule has 1 fully saturated rings. The minimum Gasteiger partial charge on any atom is -0.334 e. The van der Waals surface area contributed by atoms with Gasteiger partial charge in [-0.25, -0.2) is 0 Å². The third-order valence-electron chi connectivity index (χ3n) is 2.90. The zero-order chi connectivity index (χ0) is 12.5. The summed E-state index contributed by atoms with van der Waals surface area (Å²) in [5.74, 6) is 0.0248. The molecule has 1 saturated carbocycles. The predicted octanol–water partition coefficient (Wildman–Crippen LogP) is 1.31. The number of nitrogens with two attached hydrogens (primary N) is 1. The second-order valence-electron chi connectivity index (χ2n) is 5.24. The first-order valence-corrected chi connectivity index (χ1v) is 5.97. The molecule has 0 saturated heterocycles. The number of aromatic nitrogens is 1. The Morgan fingerprint density at radius 1 is 1.47 bits per heavy atom. The van der Waals surface area contributed by atoms with Gasteiger partial charge in [-0.15, -0.1) is 0 Å². The number of carbonyl (C=O) groups excluding carboxylic acids is 1. The molecule has 2 N–H and O–H groups in total. The molecule has 4 nitrogen and oxygen atoms in total. The van der Waals surface area contributed by atoms with Crippen LogP contribution >= 0.6 is 0 Å². The molecule has 1 amide bonds. The summed E-state index contributed by atoms with van der Waals surface area (Å²) in [4.78, 5) is 18.1. The number of carbonyl (C=O) groups is 1. The van der Waals surface area contributed by atoms with E-state index in [1.165, 1.54) is 0 Å². The van der Waals surface area contributed by atoms with E-state index in [4.69, 9.17) is 5.73 Å². The average Bonchev–Trinajstić information content (AvgIpc) is 3.09. The van der Waals surface area contributed by atoms with Crippen LogP contribution in [0.2, 0.25) is 0 Å². The topological polar surface area (TPSA) is 59.2 Å². The first-order chi connectivity index (χ1) is 7.98. The highest BCUT2D eigenvalue weighted by Crippen LogP contribution is 2.29. The standard InChI is InChI=1S/C13H19N3O/c1-13(2,14)12(17)16(11-3-4-11)9-10-5-7-15-8-6-10/h5-8,11H,3-4,9,14H2,1-2H3. The Morgan fingerprint density at radius 3 is 2.53 bits per heavy atom. The Morgan fingerprint density at radius 2 is 2.06 bits per heavy atom. The van der Waals surface area contributed by atoms with Crippen LogP contribution in [0.15, 0.2) is 24.5 Å². The number of hydrogen-bond acceptors (Lipinski definition) is 3. The molecular formula is C13H19N3O. The molecule has 0 atom stereocenters. The first kappa shape index (κ1) is 12.0. The molecule has 92 valence electrons. The number of pyridine rings is 1. The fraction of sp³-hybridized carbons (Fsp3) is 0.538. The second-order valence-corrected chi connectivity index (χ2v) is 5.24. The molecule has 0 aliphatic heterocycles. The van der Waals surface area contributed by atoms with Crippen molar-refractivity contribution in [1.82, 2.24) is 9.88 Å². The van der Waals surface area contributed by atoms with E-state index in [-0.39, 0.29) is 5.91 Å². The van der Waals surface area contributed by atoms with Gasteiger partial charge in [0.1, 0.15) is 0 Å². The molecule has 0 radical (unpaired) electrons. The quantitative estimate of drug-likeness (QED) is 0.853. The normalized spacial score (nSPS) is 15.7. The number of nitrogens with zero attached hydrogens (tertiary/aromatic N) is 2. The van der Waals surface area contributed by atoms with Crippen LogP contribution in [0.3, 0.4) is 0 Å². The molecule has 0 bridgehead atoms. The SMILES string of the molecule is CC(C)(N)C(=O)N(Cc1ccncc1)C1CC1. The monoisotopic (exact) mass is 233 g/mol. The van der Waals surface area contributed by atoms with E-state index in [1.807, 2.05) is 17.0 Å². The summed E-state index contributed by atoms with van der Waals surface area (Å²) in [5.41, 5.74) is 6.20. The summed E-state index contributed by atoms with van der Waals surface area (Å²) in [7, 11) is 0. The highest BCUT2D eigenvalue weighted by Gasteiger charge is 2.37. The highest BCUT2D eigenvalue weighted by atomic mass is 16.2. The lowest BCUT2D eigenvalue weighted by Gasteiger charge is -2.29. The van der Waals surface area contributed by atoms with Gasteiger partial charge in [0.05, 0.1) is 5.54 Å². The van der Waals surface area contributed by atoms with Crippen LogP contribution in [0.4, 0.5) is 0 Å². The lowest BCUT2D eigenvalue weighted by molar-refractivity contribution is -0.137. The van der Waals surface area contributed by atoms with Crippen LogP contribution < -0.4 is 5.73 Å². The third kappa shape index (κ3) is 3.03. The van der Waals surface area contributed by atoms with Crippen molar-refractivity contribution in [3.63, 3.8) is 0 Å². The second kappa shape index (κ2) is 4.45. The molecule has 4 heteroatoms. The molecule has 1 aromatic rings. The van der Waals surface area contributed by atoms with Gasteiger partial charge in [-0.05, 0) is 44.4 Å². The van der Waals surface area contributed by atoms with Crippen LogP contribution in [0.1, 0.15) is 32.3 Å². The van der Waals surface area contributed by atoms with Crippen molar-refractivity contribution in [2.45, 2.75) is 44.8 Å². The van der Waals surface area contributed by atoms with Crippen LogP contribution in [-0.4, -0.2) is 27.4 Å². The predicted molar refractivity (Wildman–Crippen MR) is 66.1 cm³/mol. The van der Waals surface area contributed by atoms with E-state index in [2.05, 4.69) is 4.98 Å². The van der Waals surface area contributed by atoms with Crippen molar-refractivity contribution in [3.8, 4) is 0 Å². The maximum atomic E-state index is 12.2. The number of amides is 1. The maximum absolute atomic E-state index is 12.2. The summed E-state index contributed by atoms with van der Waals surface area (Å²) >= 11 is 0. The maximum Gasteiger partial charge on any atom is 0.242 e. The Balaban J connectivity index is 2.11. The zero-order valence-electron chi connectivity index (χ0n) is 10.4. The van der Waals surface area contributed by atoms with Crippen molar-refractivity contribution >= 4 is 5.91 Å². The van der Waals surface area contributed by atoms with Crippen molar-refractivity contribution < 1.29 is 4.79 Å². The van der Waals surface area contributed by atoms with Crippen molar-refractivity contribution in [2.75, 3.05) is 0 Å². The molecule has 17 heavy (non-hydrogen) atoms. The van der Waals surface area contributed by atoms with Gasteiger partial charge in [0.15, 0.2) is 0 Å². The Labute approximate surface area is 102 Å². The van der Waals surface area contributed by atoms with Gasteiger partial charge in [-0.3, -0.25) is 9.78 Å². The van der Waals surface area contributed by atoms with Gasteiger partial charge in [0, 0.05) is 25.0 Å². The molecule has 2 rings (SSSR count). The first-order valence-electron chi connectivity index (χ1n) is 5.97. The molecule has 0 unspecified atom stereocenters. The largest absolute Gasteiger partial charge is 0.334 e. The Hall–Kier alpha value is -1.42. The average molecular weight is 233 g/mol. The summed E-state index contributed by atoms with van der Waals surface area (Å²) < 4.78 is 0. The van der Waals surface area contributed by atoms with E-state index in [1.54, 1.807) is 26.2 Å². The lowest BCUT2D eigenvalue weighted by atomic mass is 10.0. The third-order valence-corrected chi connectivity index (χ3v) is 2.90. The zero-order valence-corrected chi connectivity index (χ0v) is 10.4. The number of rotatable bonds is 4. The fourth-order valence-corrected chi connectivity index (χ4v) is 1.81. The van der Waals surface area contributed by atoms with E-state index in [0.717, 1.165) is 18.4 Å². The van der Waals surface area contributed by atoms with Crippen molar-refractivity contribution in [3.05, 3.63) is 30.1 Å². The van der Waals surface area contributed by atoms with Gasteiger partial charge in [-0.2, -0.15) is 0 Å². The van der Waals surface area contributed by atoms with Crippen LogP contribution in [0, 0.1) is 0 Å². The van der Waals surface area contributed by atoms with E-state index >= 15 is 0 Å². The molecule has 1 heterocycles. The van der Waals surface area contributed by atoms with Gasteiger partial charge >= 0.3 is 0 Å². The fourth-order valence-electron chi connectivity index (χ4n) is 1.81. The van der Waals surface area contributed by atoms with Crippen LogP contribution in [0.25, 0.3) is 0 Å². The number of hydrogen-bond donors (Lipinski definition) is 1. The van der Waals surface area contributed by atoms with Crippen LogP contribution in [0.5, 0.6) is 0 Å².